The van der Waals surface area contributed by atoms with Crippen LogP contribution in [-0.2, 0) is 10.0 Å². The topological polar surface area (TPSA) is 98.7 Å². The number of hydrogen-bond donors (Lipinski definition) is 3. The Hall–Kier alpha value is -0.860. The summed E-state index contributed by atoms with van der Waals surface area (Å²) in [5.41, 5.74) is 0. The molecule has 1 heterocycles. The third-order valence-electron chi connectivity index (χ3n) is 3.11. The highest BCUT2D eigenvalue weighted by atomic mass is 32.2. The van der Waals surface area contributed by atoms with E-state index < -0.39 is 10.0 Å². The van der Waals surface area contributed by atoms with Crippen LogP contribution < -0.4 is 10.6 Å². The van der Waals surface area contributed by atoms with Gasteiger partial charge in [-0.05, 0) is 18.8 Å². The van der Waals surface area contributed by atoms with Crippen molar-refractivity contribution in [2.24, 2.45) is 5.92 Å². The summed E-state index contributed by atoms with van der Waals surface area (Å²) in [6, 6.07) is -0.478. The molecule has 2 atom stereocenters. The number of sulfonamides is 1. The van der Waals surface area contributed by atoms with Crippen LogP contribution in [0.2, 0.25) is 0 Å². The molecule has 0 spiro atoms. The quantitative estimate of drug-likeness (QED) is 0.626. The molecule has 0 aromatic rings. The zero-order valence-corrected chi connectivity index (χ0v) is 12.2. The van der Waals surface area contributed by atoms with Crippen LogP contribution in [0.15, 0.2) is 0 Å². The SMILES string of the molecule is CC(CO)CNC(=O)NC1CCCN(S(C)(=O)=O)C1. The Morgan fingerprint density at radius 3 is 2.79 bits per heavy atom. The number of piperidine rings is 1. The second-order valence-corrected chi connectivity index (χ2v) is 7.08. The number of hydrogen-bond acceptors (Lipinski definition) is 4. The van der Waals surface area contributed by atoms with E-state index in [-0.39, 0.29) is 24.6 Å². The molecule has 112 valence electrons. The summed E-state index contributed by atoms with van der Waals surface area (Å²) in [4.78, 5) is 11.6. The Kier molecular flexibility index (Phi) is 6.02. The van der Waals surface area contributed by atoms with Gasteiger partial charge in [0.25, 0.3) is 0 Å². The highest BCUT2D eigenvalue weighted by Crippen LogP contribution is 2.12. The molecule has 0 radical (unpaired) electrons. The lowest BCUT2D eigenvalue weighted by atomic mass is 10.1. The average molecular weight is 293 g/mol. The van der Waals surface area contributed by atoms with Crippen molar-refractivity contribution in [3.8, 4) is 0 Å². The van der Waals surface area contributed by atoms with Crippen molar-refractivity contribution >= 4 is 16.1 Å². The third-order valence-corrected chi connectivity index (χ3v) is 4.38. The zero-order valence-electron chi connectivity index (χ0n) is 11.4. The smallest absolute Gasteiger partial charge is 0.315 e. The zero-order chi connectivity index (χ0) is 14.5. The van der Waals surface area contributed by atoms with Crippen molar-refractivity contribution in [2.75, 3.05) is 32.5 Å². The first-order valence-corrected chi connectivity index (χ1v) is 8.28. The number of nitrogens with zero attached hydrogens (tertiary/aromatic N) is 1. The van der Waals surface area contributed by atoms with E-state index in [1.165, 1.54) is 10.6 Å². The largest absolute Gasteiger partial charge is 0.396 e. The monoisotopic (exact) mass is 293 g/mol. The number of amides is 2. The number of carbonyl (C=O) groups excluding carboxylic acids is 1. The lowest BCUT2D eigenvalue weighted by Crippen LogP contribution is -2.52. The van der Waals surface area contributed by atoms with E-state index >= 15 is 0 Å². The normalized spacial score (nSPS) is 22.8. The second kappa shape index (κ2) is 7.06. The van der Waals surface area contributed by atoms with E-state index in [0.29, 0.717) is 19.6 Å². The van der Waals surface area contributed by atoms with Gasteiger partial charge in [0.1, 0.15) is 0 Å². The van der Waals surface area contributed by atoms with Gasteiger partial charge in [0, 0.05) is 32.3 Å². The highest BCUT2D eigenvalue weighted by Gasteiger charge is 2.26. The fourth-order valence-electron chi connectivity index (χ4n) is 1.93. The van der Waals surface area contributed by atoms with Crippen LogP contribution in [0.1, 0.15) is 19.8 Å². The van der Waals surface area contributed by atoms with Crippen LogP contribution in [0.5, 0.6) is 0 Å². The number of nitrogens with one attached hydrogen (secondary N) is 2. The standard InChI is InChI=1S/C11H23N3O4S/c1-9(8-15)6-12-11(16)13-10-4-3-5-14(7-10)19(2,17)18/h9-10,15H,3-8H2,1-2H3,(H2,12,13,16). The summed E-state index contributed by atoms with van der Waals surface area (Å²) >= 11 is 0. The Morgan fingerprint density at radius 2 is 2.21 bits per heavy atom. The molecule has 1 aliphatic heterocycles. The summed E-state index contributed by atoms with van der Waals surface area (Å²) in [5.74, 6) is 0.00428. The Morgan fingerprint density at radius 1 is 1.53 bits per heavy atom. The van der Waals surface area contributed by atoms with Gasteiger partial charge in [-0.3, -0.25) is 0 Å². The molecule has 1 rings (SSSR count). The summed E-state index contributed by atoms with van der Waals surface area (Å²) in [7, 11) is -3.20. The summed E-state index contributed by atoms with van der Waals surface area (Å²) in [6.45, 7) is 3.07. The lowest BCUT2D eigenvalue weighted by Gasteiger charge is -2.31. The van der Waals surface area contributed by atoms with Gasteiger partial charge in [-0.2, -0.15) is 0 Å². The van der Waals surface area contributed by atoms with E-state index in [1.807, 2.05) is 6.92 Å². The first-order chi connectivity index (χ1) is 8.82. The molecule has 2 unspecified atom stereocenters. The maximum Gasteiger partial charge on any atom is 0.315 e. The minimum Gasteiger partial charge on any atom is -0.396 e. The van der Waals surface area contributed by atoms with Gasteiger partial charge in [0.2, 0.25) is 10.0 Å². The fraction of sp³-hybridized carbons (Fsp3) is 0.909. The van der Waals surface area contributed by atoms with Gasteiger partial charge < -0.3 is 15.7 Å². The maximum absolute atomic E-state index is 11.6. The Bertz CT molecular complexity index is 399. The number of carbonyl (C=O) groups is 1. The first-order valence-electron chi connectivity index (χ1n) is 6.43. The minimum atomic E-state index is -3.20. The third kappa shape index (κ3) is 5.75. The molecule has 0 saturated carbocycles. The number of urea groups is 1. The molecule has 19 heavy (non-hydrogen) atoms. The van der Waals surface area contributed by atoms with E-state index in [9.17, 15) is 13.2 Å². The molecule has 0 aromatic heterocycles. The molecule has 0 aromatic carbocycles. The molecule has 2 amide bonds. The van der Waals surface area contributed by atoms with Gasteiger partial charge in [0.05, 0.1) is 6.26 Å². The molecule has 0 bridgehead atoms. The van der Waals surface area contributed by atoms with Crippen LogP contribution >= 0.6 is 0 Å². The highest BCUT2D eigenvalue weighted by molar-refractivity contribution is 7.88. The fourth-order valence-corrected chi connectivity index (χ4v) is 2.84. The minimum absolute atomic E-state index is 0.00428. The van der Waals surface area contributed by atoms with Crippen molar-refractivity contribution in [3.63, 3.8) is 0 Å². The maximum atomic E-state index is 11.6. The van der Waals surface area contributed by atoms with Crippen LogP contribution in [0.25, 0.3) is 0 Å². The van der Waals surface area contributed by atoms with Crippen molar-refractivity contribution in [1.29, 1.82) is 0 Å². The molecule has 8 heteroatoms. The van der Waals surface area contributed by atoms with Crippen molar-refractivity contribution in [3.05, 3.63) is 0 Å². The van der Waals surface area contributed by atoms with Gasteiger partial charge in [-0.15, -0.1) is 0 Å². The summed E-state index contributed by atoms with van der Waals surface area (Å²) in [5, 5.41) is 14.3. The number of aliphatic hydroxyl groups is 1. The van der Waals surface area contributed by atoms with Crippen molar-refractivity contribution in [1.82, 2.24) is 14.9 Å². The Balaban J connectivity index is 2.38. The van der Waals surface area contributed by atoms with Gasteiger partial charge in [0.15, 0.2) is 0 Å². The molecule has 7 nitrogen and oxygen atoms in total. The van der Waals surface area contributed by atoms with Crippen molar-refractivity contribution < 1.29 is 18.3 Å². The Labute approximate surface area is 114 Å². The van der Waals surface area contributed by atoms with Crippen LogP contribution in [0.4, 0.5) is 4.79 Å². The first kappa shape index (κ1) is 16.2. The number of rotatable bonds is 5. The summed E-state index contributed by atoms with van der Waals surface area (Å²) < 4.78 is 24.3. The van der Waals surface area contributed by atoms with E-state index in [2.05, 4.69) is 10.6 Å². The molecule has 0 aliphatic carbocycles. The predicted octanol–water partition coefficient (Wildman–Crippen LogP) is -0.662. The van der Waals surface area contributed by atoms with Crippen LogP contribution in [-0.4, -0.2) is 62.4 Å². The van der Waals surface area contributed by atoms with Crippen LogP contribution in [0.3, 0.4) is 0 Å². The average Bonchev–Trinajstić information content (AvgIpc) is 2.35. The summed E-state index contributed by atoms with van der Waals surface area (Å²) in [6.07, 6.45) is 2.69. The second-order valence-electron chi connectivity index (χ2n) is 5.10. The molecule has 1 aliphatic rings. The van der Waals surface area contributed by atoms with Crippen LogP contribution in [0, 0.1) is 5.92 Å². The van der Waals surface area contributed by atoms with Gasteiger partial charge >= 0.3 is 6.03 Å². The lowest BCUT2D eigenvalue weighted by molar-refractivity contribution is 0.214. The molecule has 1 saturated heterocycles. The van der Waals surface area contributed by atoms with Gasteiger partial charge in [-0.1, -0.05) is 6.92 Å². The number of aliphatic hydroxyl groups excluding tert-OH is 1. The van der Waals surface area contributed by atoms with Gasteiger partial charge in [-0.25, -0.2) is 17.5 Å². The molecule has 1 fully saturated rings. The predicted molar refractivity (Wildman–Crippen MR) is 72.2 cm³/mol. The van der Waals surface area contributed by atoms with Crippen molar-refractivity contribution in [2.45, 2.75) is 25.8 Å². The van der Waals surface area contributed by atoms with E-state index in [1.54, 1.807) is 0 Å². The molecule has 3 N–H and O–H groups in total. The molecular formula is C11H23N3O4S. The van der Waals surface area contributed by atoms with E-state index in [0.717, 1.165) is 12.8 Å². The van der Waals surface area contributed by atoms with E-state index in [4.69, 9.17) is 5.11 Å². The molecular weight excluding hydrogens is 270 g/mol.